The summed E-state index contributed by atoms with van der Waals surface area (Å²) in [4.78, 5) is 0. The van der Waals surface area contributed by atoms with Gasteiger partial charge in [0.15, 0.2) is 0 Å². The maximum atomic E-state index is 13.1. The van der Waals surface area contributed by atoms with Gasteiger partial charge in [0.05, 0.1) is 5.56 Å². The zero-order valence-corrected chi connectivity index (χ0v) is 9.69. The van der Waals surface area contributed by atoms with Gasteiger partial charge in [-0.15, -0.1) is 0 Å². The summed E-state index contributed by atoms with van der Waals surface area (Å²) in [5.41, 5.74) is -0.626. The van der Waals surface area contributed by atoms with E-state index >= 15 is 0 Å². The van der Waals surface area contributed by atoms with Gasteiger partial charge in [-0.05, 0) is 23.8 Å². The molecule has 0 spiro atoms. The molecule has 0 saturated carbocycles. The Hall–Kier alpha value is -1.55. The molecule has 0 aliphatic heterocycles. The fraction of sp³-hybridized carbons (Fsp3) is 0.0769. The van der Waals surface area contributed by atoms with E-state index in [2.05, 4.69) is 0 Å². The van der Waals surface area contributed by atoms with Crippen molar-refractivity contribution in [3.8, 4) is 11.1 Å². The van der Waals surface area contributed by atoms with Crippen molar-refractivity contribution in [2.75, 3.05) is 0 Å². The van der Waals surface area contributed by atoms with Crippen LogP contribution in [0.25, 0.3) is 11.1 Å². The highest BCUT2D eigenvalue weighted by Gasteiger charge is 2.34. The molecule has 0 aliphatic carbocycles. The standard InChI is InChI=1S/C13H7ClF4/c14-11-4-2-1-3-9(11)8-5-6-12(15)10(7-8)13(16,17)18/h1-7H. The summed E-state index contributed by atoms with van der Waals surface area (Å²) in [5, 5.41) is 0.317. The molecule has 0 aliphatic rings. The molecule has 0 N–H and O–H groups in total. The lowest BCUT2D eigenvalue weighted by Gasteiger charge is -2.11. The summed E-state index contributed by atoms with van der Waals surface area (Å²) in [6, 6.07) is 9.28. The van der Waals surface area contributed by atoms with Crippen LogP contribution in [0.5, 0.6) is 0 Å². The fourth-order valence-electron chi connectivity index (χ4n) is 1.61. The molecule has 0 bridgehead atoms. The van der Waals surface area contributed by atoms with E-state index in [9.17, 15) is 17.6 Å². The third-order valence-electron chi connectivity index (χ3n) is 2.46. The summed E-state index contributed by atoms with van der Waals surface area (Å²) >= 11 is 5.89. The zero-order valence-electron chi connectivity index (χ0n) is 8.93. The van der Waals surface area contributed by atoms with Crippen LogP contribution in [-0.2, 0) is 6.18 Å². The molecule has 5 heteroatoms. The van der Waals surface area contributed by atoms with Crippen LogP contribution in [0, 0.1) is 5.82 Å². The maximum Gasteiger partial charge on any atom is 0.419 e. The third kappa shape index (κ3) is 2.48. The van der Waals surface area contributed by atoms with Gasteiger partial charge in [-0.25, -0.2) is 4.39 Å². The Balaban J connectivity index is 2.58. The molecule has 0 amide bonds. The normalized spacial score (nSPS) is 11.6. The van der Waals surface area contributed by atoms with Crippen LogP contribution in [0.3, 0.4) is 0 Å². The molecule has 0 nitrogen and oxygen atoms in total. The summed E-state index contributed by atoms with van der Waals surface area (Å²) in [7, 11) is 0. The molecule has 0 saturated heterocycles. The van der Waals surface area contributed by atoms with Gasteiger partial charge < -0.3 is 0 Å². The van der Waals surface area contributed by atoms with Crippen molar-refractivity contribution in [3.63, 3.8) is 0 Å². The average molecular weight is 275 g/mol. The van der Waals surface area contributed by atoms with Crippen LogP contribution in [0.15, 0.2) is 42.5 Å². The predicted molar refractivity (Wildman–Crippen MR) is 61.8 cm³/mol. The molecule has 0 radical (unpaired) electrons. The molecule has 0 heterocycles. The number of halogens is 5. The van der Waals surface area contributed by atoms with Gasteiger partial charge in [-0.2, -0.15) is 13.2 Å². The van der Waals surface area contributed by atoms with E-state index in [0.29, 0.717) is 10.6 Å². The monoisotopic (exact) mass is 274 g/mol. The first kappa shape index (κ1) is 12.9. The highest BCUT2D eigenvalue weighted by Crippen LogP contribution is 2.35. The number of hydrogen-bond donors (Lipinski definition) is 0. The predicted octanol–water partition coefficient (Wildman–Crippen LogP) is 5.16. The van der Waals surface area contributed by atoms with Gasteiger partial charge in [0.1, 0.15) is 5.82 Å². The first-order chi connectivity index (χ1) is 8.39. The van der Waals surface area contributed by atoms with Crippen molar-refractivity contribution in [3.05, 3.63) is 58.9 Å². The zero-order chi connectivity index (χ0) is 13.3. The average Bonchev–Trinajstić information content (AvgIpc) is 2.29. The van der Waals surface area contributed by atoms with Crippen molar-refractivity contribution in [2.24, 2.45) is 0 Å². The summed E-state index contributed by atoms with van der Waals surface area (Å²) < 4.78 is 50.8. The first-order valence-electron chi connectivity index (χ1n) is 5.01. The molecular weight excluding hydrogens is 268 g/mol. The lowest BCUT2D eigenvalue weighted by Crippen LogP contribution is -2.08. The number of rotatable bonds is 1. The van der Waals surface area contributed by atoms with Gasteiger partial charge in [0.2, 0.25) is 0 Å². The smallest absolute Gasteiger partial charge is 0.206 e. The van der Waals surface area contributed by atoms with Crippen LogP contribution in [-0.4, -0.2) is 0 Å². The lowest BCUT2D eigenvalue weighted by atomic mass is 10.0. The van der Waals surface area contributed by atoms with Crippen molar-refractivity contribution in [1.29, 1.82) is 0 Å². The third-order valence-corrected chi connectivity index (χ3v) is 2.79. The minimum absolute atomic E-state index is 0.231. The Morgan fingerprint density at radius 3 is 2.22 bits per heavy atom. The summed E-state index contributed by atoms with van der Waals surface area (Å²) in [6.07, 6.45) is -4.72. The topological polar surface area (TPSA) is 0 Å². The number of alkyl halides is 3. The molecule has 0 aromatic heterocycles. The molecule has 0 atom stereocenters. The largest absolute Gasteiger partial charge is 0.419 e. The molecule has 2 aromatic carbocycles. The maximum absolute atomic E-state index is 13.1. The number of benzene rings is 2. The van der Waals surface area contributed by atoms with Gasteiger partial charge in [0, 0.05) is 10.6 Å². The lowest BCUT2D eigenvalue weighted by molar-refractivity contribution is -0.139. The van der Waals surface area contributed by atoms with Crippen LogP contribution in [0.4, 0.5) is 17.6 Å². The van der Waals surface area contributed by atoms with Crippen LogP contribution in [0.2, 0.25) is 5.02 Å². The van der Waals surface area contributed by atoms with E-state index in [-0.39, 0.29) is 5.56 Å². The van der Waals surface area contributed by atoms with Crippen LogP contribution >= 0.6 is 11.6 Å². The van der Waals surface area contributed by atoms with Gasteiger partial charge >= 0.3 is 6.18 Å². The Labute approximate surface area is 106 Å². The first-order valence-corrected chi connectivity index (χ1v) is 5.39. The van der Waals surface area contributed by atoms with E-state index in [4.69, 9.17) is 11.6 Å². The Morgan fingerprint density at radius 2 is 1.61 bits per heavy atom. The second kappa shape index (κ2) is 4.61. The highest BCUT2D eigenvalue weighted by atomic mass is 35.5. The minimum atomic E-state index is -4.72. The molecule has 0 fully saturated rings. The van der Waals surface area contributed by atoms with Crippen molar-refractivity contribution in [1.82, 2.24) is 0 Å². The van der Waals surface area contributed by atoms with Gasteiger partial charge in [0.25, 0.3) is 0 Å². The number of hydrogen-bond acceptors (Lipinski definition) is 0. The SMILES string of the molecule is Fc1ccc(-c2ccccc2Cl)cc1C(F)(F)F. The van der Waals surface area contributed by atoms with Crippen LogP contribution < -0.4 is 0 Å². The molecule has 2 aromatic rings. The van der Waals surface area contributed by atoms with Gasteiger partial charge in [-0.1, -0.05) is 35.9 Å². The quantitative estimate of drug-likeness (QED) is 0.630. The van der Waals surface area contributed by atoms with E-state index in [0.717, 1.165) is 12.1 Å². The van der Waals surface area contributed by atoms with Gasteiger partial charge in [-0.3, -0.25) is 0 Å². The van der Waals surface area contributed by atoms with E-state index in [1.807, 2.05) is 0 Å². The summed E-state index contributed by atoms with van der Waals surface area (Å²) in [5.74, 6) is -1.29. The molecule has 94 valence electrons. The molecule has 2 rings (SSSR count). The van der Waals surface area contributed by atoms with E-state index < -0.39 is 17.6 Å². The summed E-state index contributed by atoms with van der Waals surface area (Å²) in [6.45, 7) is 0. The second-order valence-corrected chi connectivity index (χ2v) is 4.08. The second-order valence-electron chi connectivity index (χ2n) is 3.67. The van der Waals surface area contributed by atoms with Crippen molar-refractivity contribution >= 4 is 11.6 Å². The minimum Gasteiger partial charge on any atom is -0.206 e. The highest BCUT2D eigenvalue weighted by molar-refractivity contribution is 6.33. The molecule has 0 unspecified atom stereocenters. The van der Waals surface area contributed by atoms with Crippen LogP contribution in [0.1, 0.15) is 5.56 Å². The van der Waals surface area contributed by atoms with E-state index in [1.165, 1.54) is 6.07 Å². The molecule has 18 heavy (non-hydrogen) atoms. The Bertz CT molecular complexity index is 575. The Morgan fingerprint density at radius 1 is 0.944 bits per heavy atom. The van der Waals surface area contributed by atoms with E-state index in [1.54, 1.807) is 24.3 Å². The Kier molecular flexibility index (Phi) is 3.30. The van der Waals surface area contributed by atoms with Crippen molar-refractivity contribution < 1.29 is 17.6 Å². The van der Waals surface area contributed by atoms with Crippen molar-refractivity contribution in [2.45, 2.75) is 6.18 Å². The molecular formula is C13H7ClF4. The fourth-order valence-corrected chi connectivity index (χ4v) is 1.85.